The minimum atomic E-state index is -0.688. The van der Waals surface area contributed by atoms with Gasteiger partial charge in [0.05, 0.1) is 33.0 Å². The van der Waals surface area contributed by atoms with Gasteiger partial charge in [-0.1, -0.05) is 142 Å². The standard InChI is InChI=1S/C46H57NO6/c1-50-42-30-28-37(29-31-42)33-47-43(27-17-6-4-2-3-5-16-25-41(48)26-18-32-51-34-38-19-10-7-11-20-38)44(52-35-39-21-12-8-13-22-39)45(46(47)49)53-36-40-23-14-9-15-24-40/h7-15,19-24,28-31,43-45H,2-6,16-18,25-27,32-36H2,1H3/t43-,44-,45+/m1/s1. The molecule has 1 fully saturated rings. The molecule has 0 N–H and O–H groups in total. The van der Waals surface area contributed by atoms with Gasteiger partial charge in [0.15, 0.2) is 6.10 Å². The van der Waals surface area contributed by atoms with E-state index in [2.05, 4.69) is 24.3 Å². The number of Topliss-reactive ketones (excluding diaryl/α,β-unsaturated/α-hetero) is 1. The van der Waals surface area contributed by atoms with Crippen LogP contribution in [0.1, 0.15) is 92.9 Å². The van der Waals surface area contributed by atoms with Gasteiger partial charge in [0.25, 0.3) is 5.91 Å². The fourth-order valence-corrected chi connectivity index (χ4v) is 7.00. The largest absolute Gasteiger partial charge is 0.497 e. The lowest BCUT2D eigenvalue weighted by Gasteiger charge is -2.28. The van der Waals surface area contributed by atoms with E-state index >= 15 is 0 Å². The summed E-state index contributed by atoms with van der Waals surface area (Å²) in [6.07, 6.45) is 9.36. The van der Waals surface area contributed by atoms with Crippen molar-refractivity contribution in [3.8, 4) is 5.75 Å². The van der Waals surface area contributed by atoms with Gasteiger partial charge < -0.3 is 23.8 Å². The summed E-state index contributed by atoms with van der Waals surface area (Å²) in [5.74, 6) is 1.11. The molecule has 7 heteroatoms. The number of ketones is 1. The van der Waals surface area contributed by atoms with Gasteiger partial charge in [0, 0.05) is 26.0 Å². The average molecular weight is 720 g/mol. The fraction of sp³-hybridized carbons (Fsp3) is 0.435. The predicted molar refractivity (Wildman–Crippen MR) is 209 cm³/mol. The molecule has 53 heavy (non-hydrogen) atoms. The molecule has 4 aromatic carbocycles. The highest BCUT2D eigenvalue weighted by atomic mass is 16.5. The van der Waals surface area contributed by atoms with Crippen molar-refractivity contribution in [2.45, 2.75) is 115 Å². The number of carbonyl (C=O) groups is 2. The Morgan fingerprint density at radius 1 is 0.585 bits per heavy atom. The molecule has 282 valence electrons. The smallest absolute Gasteiger partial charge is 0.255 e. The van der Waals surface area contributed by atoms with Crippen LogP contribution >= 0.6 is 0 Å². The molecule has 5 rings (SSSR count). The third-order valence-electron chi connectivity index (χ3n) is 9.99. The van der Waals surface area contributed by atoms with Crippen molar-refractivity contribution in [3.63, 3.8) is 0 Å². The van der Waals surface area contributed by atoms with Crippen LogP contribution < -0.4 is 4.74 Å². The van der Waals surface area contributed by atoms with Crippen LogP contribution in [-0.4, -0.2) is 48.6 Å². The molecule has 0 saturated carbocycles. The van der Waals surface area contributed by atoms with Crippen LogP contribution in [0.25, 0.3) is 0 Å². The third kappa shape index (κ3) is 13.6. The molecule has 0 bridgehead atoms. The van der Waals surface area contributed by atoms with Gasteiger partial charge in [0.2, 0.25) is 0 Å². The first-order valence-electron chi connectivity index (χ1n) is 19.5. The number of hydrogen-bond donors (Lipinski definition) is 0. The summed E-state index contributed by atoms with van der Waals surface area (Å²) in [6.45, 7) is 2.48. The van der Waals surface area contributed by atoms with E-state index in [-0.39, 0.29) is 11.9 Å². The molecular weight excluding hydrogens is 663 g/mol. The van der Waals surface area contributed by atoms with E-state index in [1.807, 2.05) is 95.9 Å². The zero-order valence-corrected chi connectivity index (χ0v) is 31.4. The Bertz CT molecular complexity index is 1600. The molecule has 0 aromatic heterocycles. The maximum absolute atomic E-state index is 14.2. The second-order valence-corrected chi connectivity index (χ2v) is 14.1. The van der Waals surface area contributed by atoms with Crippen LogP contribution in [0.4, 0.5) is 0 Å². The first-order chi connectivity index (χ1) is 26.1. The zero-order valence-electron chi connectivity index (χ0n) is 31.4. The van der Waals surface area contributed by atoms with Gasteiger partial charge in [-0.2, -0.15) is 0 Å². The number of hydrogen-bond acceptors (Lipinski definition) is 6. The van der Waals surface area contributed by atoms with E-state index in [0.29, 0.717) is 51.6 Å². The molecule has 1 saturated heterocycles. The number of benzene rings is 4. The minimum absolute atomic E-state index is 0.0194. The molecular formula is C46H57NO6. The van der Waals surface area contributed by atoms with E-state index in [1.165, 1.54) is 0 Å². The van der Waals surface area contributed by atoms with Crippen molar-refractivity contribution in [1.29, 1.82) is 0 Å². The summed E-state index contributed by atoms with van der Waals surface area (Å²) in [4.78, 5) is 28.5. The van der Waals surface area contributed by atoms with Crippen LogP contribution in [0, 0.1) is 0 Å². The van der Waals surface area contributed by atoms with Gasteiger partial charge in [-0.25, -0.2) is 0 Å². The number of amides is 1. The predicted octanol–water partition coefficient (Wildman–Crippen LogP) is 9.65. The lowest BCUT2D eigenvalue weighted by Crippen LogP contribution is -2.38. The number of methoxy groups -OCH3 is 1. The lowest BCUT2D eigenvalue weighted by molar-refractivity contribution is -0.142. The van der Waals surface area contributed by atoms with Crippen molar-refractivity contribution in [2.75, 3.05) is 13.7 Å². The number of likely N-dealkylation sites (tertiary alicyclic amines) is 1. The van der Waals surface area contributed by atoms with Crippen LogP contribution in [0.3, 0.4) is 0 Å². The highest BCUT2D eigenvalue weighted by Gasteiger charge is 2.49. The van der Waals surface area contributed by atoms with Crippen LogP contribution in [0.5, 0.6) is 5.75 Å². The highest BCUT2D eigenvalue weighted by molar-refractivity contribution is 5.85. The van der Waals surface area contributed by atoms with Crippen molar-refractivity contribution in [3.05, 3.63) is 138 Å². The van der Waals surface area contributed by atoms with E-state index in [4.69, 9.17) is 18.9 Å². The molecule has 1 aliphatic heterocycles. The van der Waals surface area contributed by atoms with E-state index < -0.39 is 12.2 Å². The minimum Gasteiger partial charge on any atom is -0.497 e. The Hall–Kier alpha value is -4.30. The summed E-state index contributed by atoms with van der Waals surface area (Å²) in [5.41, 5.74) is 4.31. The van der Waals surface area contributed by atoms with E-state index in [0.717, 1.165) is 85.8 Å². The topological polar surface area (TPSA) is 74.3 Å². The van der Waals surface area contributed by atoms with Gasteiger partial charge in [-0.15, -0.1) is 0 Å². The van der Waals surface area contributed by atoms with Crippen molar-refractivity contribution >= 4 is 11.7 Å². The maximum Gasteiger partial charge on any atom is 0.255 e. The zero-order chi connectivity index (χ0) is 36.9. The van der Waals surface area contributed by atoms with Crippen LogP contribution in [0.2, 0.25) is 0 Å². The Balaban J connectivity index is 1.08. The lowest BCUT2D eigenvalue weighted by atomic mass is 10.00. The van der Waals surface area contributed by atoms with Gasteiger partial charge in [-0.05, 0) is 53.6 Å². The number of unbranched alkanes of at least 4 members (excludes halogenated alkanes) is 6. The molecule has 1 heterocycles. The van der Waals surface area contributed by atoms with E-state index in [9.17, 15) is 9.59 Å². The number of nitrogens with zero attached hydrogens (tertiary/aromatic N) is 1. The Morgan fingerprint density at radius 2 is 1.11 bits per heavy atom. The molecule has 1 aliphatic rings. The Kier molecular flexibility index (Phi) is 17.1. The summed E-state index contributed by atoms with van der Waals surface area (Å²) >= 11 is 0. The molecule has 0 unspecified atom stereocenters. The number of rotatable bonds is 25. The van der Waals surface area contributed by atoms with Crippen LogP contribution in [0.15, 0.2) is 115 Å². The molecule has 0 radical (unpaired) electrons. The summed E-state index contributed by atoms with van der Waals surface area (Å²) in [7, 11) is 1.66. The summed E-state index contributed by atoms with van der Waals surface area (Å²) in [5, 5.41) is 0. The van der Waals surface area contributed by atoms with Gasteiger partial charge in [0.1, 0.15) is 17.6 Å². The van der Waals surface area contributed by atoms with Gasteiger partial charge in [-0.3, -0.25) is 9.59 Å². The quantitative estimate of drug-likeness (QED) is 0.0636. The normalized spacial score (nSPS) is 17.0. The first kappa shape index (κ1) is 39.9. The third-order valence-corrected chi connectivity index (χ3v) is 9.99. The van der Waals surface area contributed by atoms with Crippen LogP contribution in [-0.2, 0) is 50.2 Å². The molecule has 3 atom stereocenters. The molecule has 0 aliphatic carbocycles. The second-order valence-electron chi connectivity index (χ2n) is 14.1. The summed E-state index contributed by atoms with van der Waals surface area (Å²) in [6, 6.07) is 38.1. The van der Waals surface area contributed by atoms with E-state index in [1.54, 1.807) is 7.11 Å². The number of ether oxygens (including phenoxy) is 4. The molecule has 7 nitrogen and oxygen atoms in total. The van der Waals surface area contributed by atoms with Crippen molar-refractivity contribution in [1.82, 2.24) is 4.90 Å². The van der Waals surface area contributed by atoms with Gasteiger partial charge >= 0.3 is 0 Å². The van der Waals surface area contributed by atoms with Crippen molar-refractivity contribution in [2.24, 2.45) is 0 Å². The first-order valence-corrected chi connectivity index (χ1v) is 19.5. The Labute approximate surface area is 316 Å². The fourth-order valence-electron chi connectivity index (χ4n) is 7.00. The second kappa shape index (κ2) is 22.7. The molecule has 1 amide bonds. The highest BCUT2D eigenvalue weighted by Crippen LogP contribution is 2.32. The Morgan fingerprint density at radius 3 is 1.72 bits per heavy atom. The molecule has 4 aromatic rings. The SMILES string of the molecule is COc1ccc(CN2C(=O)[C@@H](OCc3ccccc3)[C@H](OCc3ccccc3)[C@H]2CCCCCCCCCC(=O)CCCOCc2ccccc2)cc1. The average Bonchev–Trinajstić information content (AvgIpc) is 3.44. The molecule has 0 spiro atoms. The van der Waals surface area contributed by atoms with Crippen molar-refractivity contribution < 1.29 is 28.5 Å². The number of carbonyl (C=O) groups excluding carboxylic acids is 2. The monoisotopic (exact) mass is 719 g/mol. The summed E-state index contributed by atoms with van der Waals surface area (Å²) < 4.78 is 24.1. The maximum atomic E-state index is 14.2.